The van der Waals surface area contributed by atoms with Crippen molar-refractivity contribution in [1.82, 2.24) is 0 Å². The van der Waals surface area contributed by atoms with Gasteiger partial charge in [-0.15, -0.1) is 0 Å². The van der Waals surface area contributed by atoms with Crippen molar-refractivity contribution in [1.29, 1.82) is 0 Å². The first-order chi connectivity index (χ1) is 24.2. The molecule has 3 heteroatoms. The number of hydrogen-bond donors (Lipinski definition) is 0. The van der Waals surface area contributed by atoms with Gasteiger partial charge in [0.05, 0.1) is 12.8 Å². The molecule has 7 rings (SSSR count). The third-order valence-electron chi connectivity index (χ3n) is 9.44. The zero-order chi connectivity index (χ0) is 33.4. The van der Waals surface area contributed by atoms with Crippen molar-refractivity contribution in [2.24, 2.45) is 0 Å². The third kappa shape index (κ3) is 6.63. The molecule has 0 aromatic heterocycles. The van der Waals surface area contributed by atoms with E-state index in [1.165, 1.54) is 43.0 Å². The van der Waals surface area contributed by atoms with Crippen LogP contribution in [0.15, 0.2) is 200 Å². The predicted molar refractivity (Wildman–Crippen MR) is 215 cm³/mol. The Morgan fingerprint density at radius 1 is 0.367 bits per heavy atom. The van der Waals surface area contributed by atoms with Crippen molar-refractivity contribution in [3.63, 3.8) is 0 Å². The summed E-state index contributed by atoms with van der Waals surface area (Å²) in [7, 11) is -4.16. The maximum absolute atomic E-state index is 6.59. The second-order valence-corrected chi connectivity index (χ2v) is 19.3. The molecule has 7 aromatic carbocycles. The first-order valence-corrected chi connectivity index (χ1v) is 21.0. The highest BCUT2D eigenvalue weighted by Gasteiger charge is 2.47. The van der Waals surface area contributed by atoms with E-state index >= 15 is 0 Å². The highest BCUT2D eigenvalue weighted by molar-refractivity contribution is 7.95. The molecule has 0 aliphatic carbocycles. The molecule has 0 spiro atoms. The summed E-state index contributed by atoms with van der Waals surface area (Å²) in [5.74, 6) is 0.986. The summed E-state index contributed by atoms with van der Waals surface area (Å²) in [5.41, 5.74) is 2.54. The van der Waals surface area contributed by atoms with Gasteiger partial charge < -0.3 is 4.74 Å². The van der Waals surface area contributed by atoms with Crippen molar-refractivity contribution in [3.05, 3.63) is 211 Å². The lowest BCUT2D eigenvalue weighted by atomic mass is 10.1. The minimum atomic E-state index is -2.10. The minimum absolute atomic E-state index is 0.611. The molecular formula is C46H42OP2+2. The highest BCUT2D eigenvalue weighted by Crippen LogP contribution is 2.60. The SMILES string of the molecule is CCOc1cc(C[P+](c2ccccc2)(c2ccccc2)c2ccccc2)ccc1C[P+](c1ccccc1)(c1ccccc1)c1ccccc1. The number of hydrogen-bond acceptors (Lipinski definition) is 1. The van der Waals surface area contributed by atoms with Gasteiger partial charge in [-0.05, 0) is 91.3 Å². The Balaban J connectivity index is 1.40. The zero-order valence-corrected chi connectivity index (χ0v) is 29.8. The molecule has 0 radical (unpaired) electrons. The molecule has 0 saturated heterocycles. The molecule has 0 unspecified atom stereocenters. The molecule has 0 atom stereocenters. The van der Waals surface area contributed by atoms with Crippen LogP contribution in [-0.4, -0.2) is 6.61 Å². The van der Waals surface area contributed by atoms with Crippen LogP contribution in [0.2, 0.25) is 0 Å². The van der Waals surface area contributed by atoms with E-state index in [2.05, 4.69) is 207 Å². The normalized spacial score (nSPS) is 11.6. The summed E-state index contributed by atoms with van der Waals surface area (Å²) in [5, 5.41) is 8.29. The van der Waals surface area contributed by atoms with Crippen LogP contribution in [-0.2, 0) is 12.3 Å². The summed E-state index contributed by atoms with van der Waals surface area (Å²) >= 11 is 0. The van der Waals surface area contributed by atoms with Crippen molar-refractivity contribution in [3.8, 4) is 5.75 Å². The van der Waals surface area contributed by atoms with E-state index in [4.69, 9.17) is 4.74 Å². The molecule has 0 amide bonds. The van der Waals surface area contributed by atoms with Crippen LogP contribution in [0.1, 0.15) is 18.1 Å². The van der Waals surface area contributed by atoms with E-state index in [-0.39, 0.29) is 0 Å². The molecular weight excluding hydrogens is 630 g/mol. The van der Waals surface area contributed by atoms with Gasteiger partial charge in [-0.25, -0.2) is 0 Å². The van der Waals surface area contributed by atoms with Crippen LogP contribution in [0.3, 0.4) is 0 Å². The molecule has 0 saturated carbocycles. The van der Waals surface area contributed by atoms with E-state index in [0.29, 0.717) is 6.61 Å². The lowest BCUT2D eigenvalue weighted by molar-refractivity contribution is 0.337. The van der Waals surface area contributed by atoms with Gasteiger partial charge in [-0.3, -0.25) is 0 Å². The van der Waals surface area contributed by atoms with Crippen LogP contribution in [0.4, 0.5) is 0 Å². The Labute approximate surface area is 293 Å². The number of ether oxygens (including phenoxy) is 1. The molecule has 0 fully saturated rings. The molecule has 0 N–H and O–H groups in total. The lowest BCUT2D eigenvalue weighted by Gasteiger charge is -2.29. The van der Waals surface area contributed by atoms with Gasteiger partial charge in [-0.1, -0.05) is 121 Å². The lowest BCUT2D eigenvalue weighted by Crippen LogP contribution is -2.33. The van der Waals surface area contributed by atoms with E-state index in [0.717, 1.165) is 18.1 Å². The average molecular weight is 673 g/mol. The maximum Gasteiger partial charge on any atom is 0.126 e. The first kappa shape index (κ1) is 32.7. The fourth-order valence-electron chi connectivity index (χ4n) is 7.18. The van der Waals surface area contributed by atoms with Gasteiger partial charge >= 0.3 is 0 Å². The monoisotopic (exact) mass is 672 g/mol. The third-order valence-corrected chi connectivity index (χ3v) is 18.2. The van der Waals surface area contributed by atoms with Crippen LogP contribution < -0.4 is 36.6 Å². The number of rotatable bonds is 12. The van der Waals surface area contributed by atoms with Gasteiger partial charge in [0.25, 0.3) is 0 Å². The van der Waals surface area contributed by atoms with Crippen molar-refractivity contribution in [2.75, 3.05) is 6.61 Å². The number of benzene rings is 7. The topological polar surface area (TPSA) is 9.23 Å². The summed E-state index contributed by atoms with van der Waals surface area (Å²) in [4.78, 5) is 0. The Hall–Kier alpha value is -4.80. The van der Waals surface area contributed by atoms with Gasteiger partial charge in [0.1, 0.15) is 58.3 Å². The zero-order valence-electron chi connectivity index (χ0n) is 28.0. The molecule has 0 bridgehead atoms. The average Bonchev–Trinajstić information content (AvgIpc) is 3.19. The Morgan fingerprint density at radius 2 is 0.673 bits per heavy atom. The van der Waals surface area contributed by atoms with Crippen LogP contribution in [0.5, 0.6) is 5.75 Å². The van der Waals surface area contributed by atoms with Crippen LogP contribution in [0, 0.1) is 0 Å². The van der Waals surface area contributed by atoms with Crippen molar-refractivity contribution >= 4 is 46.4 Å². The van der Waals surface area contributed by atoms with Gasteiger partial charge in [0.15, 0.2) is 0 Å². The standard InChI is InChI=1S/C46H42OP2/c1-2-47-46-35-38(36-48(40-21-9-3-10-22-40,41-23-11-4-12-24-41)42-25-13-5-14-26-42)33-34-39(46)37-49(43-27-15-6-16-28-43,44-29-17-7-18-30-44)45-31-19-8-20-32-45/h3-35H,2,36-37H2,1H3/q+2. The smallest absolute Gasteiger partial charge is 0.126 e. The second-order valence-electron chi connectivity index (χ2n) is 12.3. The van der Waals surface area contributed by atoms with Crippen molar-refractivity contribution < 1.29 is 4.74 Å². The minimum Gasteiger partial charge on any atom is -0.493 e. The fraction of sp³-hybridized carbons (Fsp3) is 0.0870. The van der Waals surface area contributed by atoms with E-state index in [1.54, 1.807) is 0 Å². The van der Waals surface area contributed by atoms with Gasteiger partial charge in [0, 0.05) is 5.56 Å². The summed E-state index contributed by atoms with van der Waals surface area (Å²) in [6.45, 7) is 2.71. The molecule has 0 aliphatic rings. The molecule has 240 valence electrons. The molecule has 0 aliphatic heterocycles. The van der Waals surface area contributed by atoms with Crippen LogP contribution >= 0.6 is 14.5 Å². The fourth-order valence-corrected chi connectivity index (χ4v) is 15.7. The largest absolute Gasteiger partial charge is 0.493 e. The maximum atomic E-state index is 6.59. The summed E-state index contributed by atoms with van der Waals surface area (Å²) in [6, 6.07) is 73.9. The molecule has 49 heavy (non-hydrogen) atoms. The van der Waals surface area contributed by atoms with Gasteiger partial charge in [0.2, 0.25) is 0 Å². The summed E-state index contributed by atoms with van der Waals surface area (Å²) in [6.07, 6.45) is 1.78. The Bertz CT molecular complexity index is 1860. The van der Waals surface area contributed by atoms with E-state index in [9.17, 15) is 0 Å². The molecule has 0 heterocycles. The highest BCUT2D eigenvalue weighted by atomic mass is 31.2. The van der Waals surface area contributed by atoms with E-state index < -0.39 is 14.5 Å². The van der Waals surface area contributed by atoms with Gasteiger partial charge in [-0.2, -0.15) is 0 Å². The Kier molecular flexibility index (Phi) is 10.1. The van der Waals surface area contributed by atoms with Crippen LogP contribution in [0.25, 0.3) is 0 Å². The predicted octanol–water partition coefficient (Wildman–Crippen LogP) is 9.07. The Morgan fingerprint density at radius 3 is 0.980 bits per heavy atom. The second kappa shape index (κ2) is 15.2. The quantitative estimate of drug-likeness (QED) is 0.118. The molecule has 1 nitrogen and oxygen atoms in total. The molecule has 7 aromatic rings. The van der Waals surface area contributed by atoms with E-state index in [1.807, 2.05) is 0 Å². The van der Waals surface area contributed by atoms with Crippen molar-refractivity contribution in [2.45, 2.75) is 19.2 Å². The summed E-state index contributed by atoms with van der Waals surface area (Å²) < 4.78 is 6.59. The first-order valence-electron chi connectivity index (χ1n) is 17.1.